The van der Waals surface area contributed by atoms with Crippen molar-refractivity contribution in [1.82, 2.24) is 4.98 Å². The Labute approximate surface area is 171 Å². The molecule has 1 unspecified atom stereocenters. The molecule has 2 aromatic carbocycles. The standard InChI is InChI=1S/C21H19N3O4S/c1-12-20(26)22-16-10-14(5-8-18(16)28-12)17-11-29-21(23-17)24-19(25)9-13-3-6-15(27-2)7-4-13/h3-8,10-12H,9H2,1-2H3,(H,22,26)(H,23,24,25). The van der Waals surface area contributed by atoms with Gasteiger partial charge < -0.3 is 20.1 Å². The summed E-state index contributed by atoms with van der Waals surface area (Å²) in [6.45, 7) is 1.70. The first-order valence-electron chi connectivity index (χ1n) is 9.02. The number of benzene rings is 2. The Morgan fingerprint density at radius 3 is 2.83 bits per heavy atom. The van der Waals surface area contributed by atoms with E-state index >= 15 is 0 Å². The lowest BCUT2D eigenvalue weighted by Crippen LogP contribution is -2.34. The Morgan fingerprint density at radius 2 is 2.07 bits per heavy atom. The average molecular weight is 409 g/mol. The number of ether oxygens (including phenoxy) is 2. The largest absolute Gasteiger partial charge is 0.497 e. The third-order valence-electron chi connectivity index (χ3n) is 4.48. The molecule has 148 valence electrons. The van der Waals surface area contributed by atoms with Crippen LogP contribution in [0.2, 0.25) is 0 Å². The smallest absolute Gasteiger partial charge is 0.265 e. The Bertz CT molecular complexity index is 1060. The summed E-state index contributed by atoms with van der Waals surface area (Å²) in [5.41, 5.74) is 3.04. The molecule has 1 aliphatic rings. The predicted molar refractivity (Wildman–Crippen MR) is 112 cm³/mol. The highest BCUT2D eigenvalue weighted by atomic mass is 32.1. The molecule has 0 spiro atoms. The van der Waals surface area contributed by atoms with E-state index in [-0.39, 0.29) is 18.2 Å². The number of hydrogen-bond acceptors (Lipinski definition) is 6. The molecule has 2 amide bonds. The second kappa shape index (κ2) is 7.92. The molecular weight excluding hydrogens is 390 g/mol. The molecule has 0 aliphatic carbocycles. The summed E-state index contributed by atoms with van der Waals surface area (Å²) < 4.78 is 10.7. The number of carbonyl (C=O) groups excluding carboxylic acids is 2. The molecule has 4 rings (SSSR count). The molecule has 7 nitrogen and oxygen atoms in total. The lowest BCUT2D eigenvalue weighted by atomic mass is 10.1. The minimum atomic E-state index is -0.514. The molecule has 0 saturated heterocycles. The van der Waals surface area contributed by atoms with Crippen molar-refractivity contribution >= 4 is 34.0 Å². The second-order valence-corrected chi connectivity index (χ2v) is 7.43. The molecule has 8 heteroatoms. The molecule has 1 atom stereocenters. The third kappa shape index (κ3) is 4.22. The topological polar surface area (TPSA) is 89.5 Å². The van der Waals surface area contributed by atoms with E-state index < -0.39 is 6.10 Å². The van der Waals surface area contributed by atoms with Crippen LogP contribution in [0.3, 0.4) is 0 Å². The highest BCUT2D eigenvalue weighted by molar-refractivity contribution is 7.14. The van der Waals surface area contributed by atoms with Crippen LogP contribution in [0.5, 0.6) is 11.5 Å². The van der Waals surface area contributed by atoms with Gasteiger partial charge in [-0.05, 0) is 42.8 Å². The van der Waals surface area contributed by atoms with E-state index in [2.05, 4.69) is 15.6 Å². The fraction of sp³-hybridized carbons (Fsp3) is 0.190. The zero-order valence-electron chi connectivity index (χ0n) is 15.9. The van der Waals surface area contributed by atoms with Gasteiger partial charge in [-0.25, -0.2) is 4.98 Å². The molecule has 3 aromatic rings. The van der Waals surface area contributed by atoms with Crippen molar-refractivity contribution in [2.45, 2.75) is 19.4 Å². The van der Waals surface area contributed by atoms with E-state index in [9.17, 15) is 9.59 Å². The number of fused-ring (bicyclic) bond motifs is 1. The predicted octanol–water partition coefficient (Wildman–Crippen LogP) is 3.72. The normalized spacial score (nSPS) is 15.1. The minimum Gasteiger partial charge on any atom is -0.497 e. The highest BCUT2D eigenvalue weighted by Crippen LogP contribution is 2.34. The maximum Gasteiger partial charge on any atom is 0.265 e. The number of nitrogens with one attached hydrogen (secondary N) is 2. The lowest BCUT2D eigenvalue weighted by molar-refractivity contribution is -0.122. The average Bonchev–Trinajstić information content (AvgIpc) is 3.17. The van der Waals surface area contributed by atoms with Gasteiger partial charge in [0.05, 0.1) is 24.9 Å². The molecule has 0 fully saturated rings. The van der Waals surface area contributed by atoms with Crippen molar-refractivity contribution in [2.75, 3.05) is 17.7 Å². The molecule has 1 aromatic heterocycles. The van der Waals surface area contributed by atoms with Crippen LogP contribution in [0.1, 0.15) is 12.5 Å². The first kappa shape index (κ1) is 18.9. The van der Waals surface area contributed by atoms with Gasteiger partial charge in [-0.15, -0.1) is 11.3 Å². The highest BCUT2D eigenvalue weighted by Gasteiger charge is 2.24. The van der Waals surface area contributed by atoms with Crippen LogP contribution in [0.15, 0.2) is 47.8 Å². The number of aromatic nitrogens is 1. The van der Waals surface area contributed by atoms with E-state index in [0.717, 1.165) is 16.9 Å². The van der Waals surface area contributed by atoms with Crippen LogP contribution in [0.4, 0.5) is 10.8 Å². The van der Waals surface area contributed by atoms with Gasteiger partial charge in [0.2, 0.25) is 5.91 Å². The van der Waals surface area contributed by atoms with Crippen molar-refractivity contribution in [1.29, 1.82) is 0 Å². The number of hydrogen-bond donors (Lipinski definition) is 2. The first-order valence-corrected chi connectivity index (χ1v) is 9.90. The quantitative estimate of drug-likeness (QED) is 0.670. The van der Waals surface area contributed by atoms with Gasteiger partial charge in [-0.3, -0.25) is 9.59 Å². The van der Waals surface area contributed by atoms with Crippen LogP contribution in [0.25, 0.3) is 11.3 Å². The molecule has 2 N–H and O–H groups in total. The fourth-order valence-electron chi connectivity index (χ4n) is 2.92. The van der Waals surface area contributed by atoms with Crippen molar-refractivity contribution in [2.24, 2.45) is 0 Å². The molecule has 0 saturated carbocycles. The molecule has 1 aliphatic heterocycles. The van der Waals surface area contributed by atoms with Crippen LogP contribution in [-0.4, -0.2) is 30.0 Å². The monoisotopic (exact) mass is 409 g/mol. The Balaban J connectivity index is 1.43. The summed E-state index contributed by atoms with van der Waals surface area (Å²) in [6, 6.07) is 12.9. The molecule has 29 heavy (non-hydrogen) atoms. The van der Waals surface area contributed by atoms with Gasteiger partial charge in [0.1, 0.15) is 11.5 Å². The summed E-state index contributed by atoms with van der Waals surface area (Å²) >= 11 is 1.35. The SMILES string of the molecule is COc1ccc(CC(=O)Nc2nc(-c3ccc4c(c3)NC(=O)C(C)O4)cs2)cc1. The van der Waals surface area contributed by atoms with Crippen molar-refractivity contribution in [3.05, 3.63) is 53.4 Å². The van der Waals surface area contributed by atoms with Crippen LogP contribution < -0.4 is 20.1 Å². The fourth-order valence-corrected chi connectivity index (χ4v) is 3.66. The Kier molecular flexibility index (Phi) is 5.18. The molecule has 0 radical (unpaired) electrons. The van der Waals surface area contributed by atoms with Crippen LogP contribution in [0, 0.1) is 0 Å². The molecular formula is C21H19N3O4S. The molecule has 0 bridgehead atoms. The van der Waals surface area contributed by atoms with Crippen molar-refractivity contribution in [3.63, 3.8) is 0 Å². The maximum absolute atomic E-state index is 12.3. The van der Waals surface area contributed by atoms with E-state index in [1.807, 2.05) is 47.8 Å². The van der Waals surface area contributed by atoms with Gasteiger partial charge in [0.25, 0.3) is 5.91 Å². The summed E-state index contributed by atoms with van der Waals surface area (Å²) in [7, 11) is 1.60. The van der Waals surface area contributed by atoms with Gasteiger partial charge in [-0.2, -0.15) is 0 Å². The summed E-state index contributed by atoms with van der Waals surface area (Å²) in [4.78, 5) is 28.6. The zero-order chi connectivity index (χ0) is 20.4. The number of carbonyl (C=O) groups is 2. The van der Waals surface area contributed by atoms with Gasteiger partial charge in [0.15, 0.2) is 11.2 Å². The number of rotatable bonds is 5. The lowest BCUT2D eigenvalue weighted by Gasteiger charge is -2.23. The van der Waals surface area contributed by atoms with Gasteiger partial charge in [0, 0.05) is 10.9 Å². The first-order chi connectivity index (χ1) is 14.0. The van der Waals surface area contributed by atoms with Crippen molar-refractivity contribution < 1.29 is 19.1 Å². The number of amides is 2. The van der Waals surface area contributed by atoms with E-state index in [1.165, 1.54) is 11.3 Å². The van der Waals surface area contributed by atoms with Gasteiger partial charge >= 0.3 is 0 Å². The van der Waals surface area contributed by atoms with Gasteiger partial charge in [-0.1, -0.05) is 12.1 Å². The third-order valence-corrected chi connectivity index (χ3v) is 5.24. The summed E-state index contributed by atoms with van der Waals surface area (Å²) in [5, 5.41) is 8.03. The van der Waals surface area contributed by atoms with Crippen LogP contribution in [-0.2, 0) is 16.0 Å². The summed E-state index contributed by atoms with van der Waals surface area (Å²) in [6.07, 6.45) is -0.264. The maximum atomic E-state index is 12.3. The second-order valence-electron chi connectivity index (χ2n) is 6.57. The molecule has 2 heterocycles. The van der Waals surface area contributed by atoms with E-state index in [1.54, 1.807) is 14.0 Å². The van der Waals surface area contributed by atoms with Crippen molar-refractivity contribution in [3.8, 4) is 22.8 Å². The van der Waals surface area contributed by atoms with Crippen LogP contribution >= 0.6 is 11.3 Å². The van der Waals surface area contributed by atoms with E-state index in [0.29, 0.717) is 22.3 Å². The number of thiazole rings is 1. The summed E-state index contributed by atoms with van der Waals surface area (Å²) in [5.74, 6) is 1.06. The van der Waals surface area contributed by atoms with E-state index in [4.69, 9.17) is 9.47 Å². The Hall–Kier alpha value is -3.39. The minimum absolute atomic E-state index is 0.142. The number of anilines is 2. The zero-order valence-corrected chi connectivity index (χ0v) is 16.7. The Morgan fingerprint density at radius 1 is 1.28 bits per heavy atom. The number of methoxy groups -OCH3 is 1. The number of nitrogens with zero attached hydrogens (tertiary/aromatic N) is 1.